The molecule has 4 nitrogen and oxygen atoms in total. The molecular weight excluding hydrogens is 296 g/mol. The minimum absolute atomic E-state index is 0.569. The number of hydrogen-bond acceptors (Lipinski definition) is 4. The fourth-order valence-corrected chi connectivity index (χ4v) is 3.34. The van der Waals surface area contributed by atoms with Crippen LogP contribution in [0.3, 0.4) is 0 Å². The van der Waals surface area contributed by atoms with Crippen LogP contribution in [0.2, 0.25) is 0 Å². The van der Waals surface area contributed by atoms with E-state index in [9.17, 15) is 0 Å². The van der Waals surface area contributed by atoms with Crippen LogP contribution in [0.25, 0.3) is 0 Å². The Morgan fingerprint density at radius 2 is 1.75 bits per heavy atom. The average Bonchev–Trinajstić information content (AvgIpc) is 2.60. The summed E-state index contributed by atoms with van der Waals surface area (Å²) in [7, 11) is 0. The number of anilines is 2. The van der Waals surface area contributed by atoms with E-state index < -0.39 is 0 Å². The molecule has 4 heteroatoms. The van der Waals surface area contributed by atoms with E-state index >= 15 is 0 Å². The van der Waals surface area contributed by atoms with Gasteiger partial charge in [0.15, 0.2) is 0 Å². The Hall–Kier alpha value is -2.10. The van der Waals surface area contributed by atoms with Crippen LogP contribution in [0.5, 0.6) is 0 Å². The summed E-state index contributed by atoms with van der Waals surface area (Å²) in [5.41, 5.74) is 1.39. The second kappa shape index (κ2) is 8.67. The zero-order valence-corrected chi connectivity index (χ0v) is 14.6. The standard InChI is InChI=1S/C20H28N4/c1-16-22-19(21-14-8-11-17-9-4-2-5-10-17)15-20(23-16)24-18-12-6-3-7-13-18/h2,4-5,9-10,15,18H,3,6-8,11-14H2,1H3,(H2,21,22,23,24). The molecule has 1 fully saturated rings. The maximum Gasteiger partial charge on any atom is 0.132 e. The topological polar surface area (TPSA) is 49.8 Å². The van der Waals surface area contributed by atoms with Gasteiger partial charge in [-0.15, -0.1) is 0 Å². The SMILES string of the molecule is Cc1nc(NCCCc2ccccc2)cc(NC2CCCCC2)n1. The summed E-state index contributed by atoms with van der Waals surface area (Å²) in [5.74, 6) is 2.70. The monoisotopic (exact) mass is 324 g/mol. The van der Waals surface area contributed by atoms with Crippen molar-refractivity contribution >= 4 is 11.6 Å². The maximum absolute atomic E-state index is 4.54. The molecule has 0 saturated heterocycles. The third-order valence-corrected chi connectivity index (χ3v) is 4.59. The van der Waals surface area contributed by atoms with Crippen LogP contribution in [0, 0.1) is 6.92 Å². The Balaban J connectivity index is 1.49. The summed E-state index contributed by atoms with van der Waals surface area (Å²) in [4.78, 5) is 9.05. The molecule has 24 heavy (non-hydrogen) atoms. The van der Waals surface area contributed by atoms with E-state index in [1.165, 1.54) is 37.7 Å². The number of benzene rings is 1. The predicted octanol–water partition coefficient (Wildman–Crippen LogP) is 4.57. The van der Waals surface area contributed by atoms with Crippen LogP contribution in [-0.2, 0) is 6.42 Å². The molecular formula is C20H28N4. The lowest BCUT2D eigenvalue weighted by atomic mass is 9.95. The minimum Gasteiger partial charge on any atom is -0.370 e. The van der Waals surface area contributed by atoms with Gasteiger partial charge in [0.2, 0.25) is 0 Å². The lowest BCUT2D eigenvalue weighted by Crippen LogP contribution is -2.23. The lowest BCUT2D eigenvalue weighted by molar-refractivity contribution is 0.462. The minimum atomic E-state index is 0.569. The van der Waals surface area contributed by atoms with Crippen molar-refractivity contribution in [2.45, 2.75) is 57.9 Å². The van der Waals surface area contributed by atoms with Crippen LogP contribution in [0.4, 0.5) is 11.6 Å². The molecule has 2 aromatic rings. The van der Waals surface area contributed by atoms with Gasteiger partial charge in [-0.05, 0) is 38.2 Å². The molecule has 1 heterocycles. The molecule has 1 saturated carbocycles. The number of nitrogens with one attached hydrogen (secondary N) is 2. The van der Waals surface area contributed by atoms with Crippen LogP contribution in [0.1, 0.15) is 49.9 Å². The van der Waals surface area contributed by atoms with Gasteiger partial charge in [-0.2, -0.15) is 0 Å². The molecule has 0 spiro atoms. The highest BCUT2D eigenvalue weighted by molar-refractivity contribution is 5.48. The van der Waals surface area contributed by atoms with E-state index in [-0.39, 0.29) is 0 Å². The molecule has 0 bridgehead atoms. The van der Waals surface area contributed by atoms with Crippen LogP contribution in [-0.4, -0.2) is 22.6 Å². The second-order valence-corrected chi connectivity index (χ2v) is 6.68. The van der Waals surface area contributed by atoms with Gasteiger partial charge in [0.05, 0.1) is 0 Å². The Morgan fingerprint density at radius 3 is 2.54 bits per heavy atom. The van der Waals surface area contributed by atoms with Crippen LogP contribution < -0.4 is 10.6 Å². The van der Waals surface area contributed by atoms with Crippen molar-refractivity contribution in [1.82, 2.24) is 9.97 Å². The number of hydrogen-bond donors (Lipinski definition) is 2. The van der Waals surface area contributed by atoms with Gasteiger partial charge in [-0.1, -0.05) is 49.6 Å². The van der Waals surface area contributed by atoms with E-state index in [1.54, 1.807) is 0 Å². The first kappa shape index (κ1) is 16.7. The number of rotatable bonds is 7. The van der Waals surface area contributed by atoms with E-state index in [0.29, 0.717) is 6.04 Å². The Labute approximate surface area is 145 Å². The van der Waals surface area contributed by atoms with Gasteiger partial charge in [0.1, 0.15) is 17.5 Å². The van der Waals surface area contributed by atoms with Crippen LogP contribution in [0.15, 0.2) is 36.4 Å². The van der Waals surface area contributed by atoms with Gasteiger partial charge < -0.3 is 10.6 Å². The summed E-state index contributed by atoms with van der Waals surface area (Å²) in [6, 6.07) is 13.2. The summed E-state index contributed by atoms with van der Waals surface area (Å²) in [6.07, 6.45) is 8.71. The molecule has 0 amide bonds. The molecule has 2 N–H and O–H groups in total. The third kappa shape index (κ3) is 5.22. The van der Waals surface area contributed by atoms with Crippen molar-refractivity contribution in [2.75, 3.05) is 17.2 Å². The highest BCUT2D eigenvalue weighted by Crippen LogP contribution is 2.21. The molecule has 1 aliphatic rings. The molecule has 1 aromatic carbocycles. The summed E-state index contributed by atoms with van der Waals surface area (Å²) in [6.45, 7) is 2.88. The molecule has 0 unspecified atom stereocenters. The average molecular weight is 324 g/mol. The molecule has 0 aliphatic heterocycles. The summed E-state index contributed by atoms with van der Waals surface area (Å²) in [5, 5.41) is 7.03. The smallest absolute Gasteiger partial charge is 0.132 e. The molecule has 0 radical (unpaired) electrons. The van der Waals surface area contributed by atoms with Gasteiger partial charge >= 0.3 is 0 Å². The van der Waals surface area contributed by atoms with Crippen molar-refractivity contribution in [1.29, 1.82) is 0 Å². The zero-order chi connectivity index (χ0) is 16.6. The first-order valence-electron chi connectivity index (χ1n) is 9.19. The first-order chi connectivity index (χ1) is 11.8. The summed E-state index contributed by atoms with van der Waals surface area (Å²) >= 11 is 0. The normalized spacial score (nSPS) is 15.2. The van der Waals surface area contributed by atoms with Gasteiger partial charge in [-0.3, -0.25) is 0 Å². The highest BCUT2D eigenvalue weighted by atomic mass is 15.1. The van der Waals surface area contributed by atoms with Gasteiger partial charge in [0.25, 0.3) is 0 Å². The van der Waals surface area contributed by atoms with Crippen molar-refractivity contribution in [3.05, 3.63) is 47.8 Å². The molecule has 1 aromatic heterocycles. The van der Waals surface area contributed by atoms with E-state index in [1.807, 2.05) is 13.0 Å². The van der Waals surface area contributed by atoms with Gasteiger partial charge in [0, 0.05) is 18.7 Å². The third-order valence-electron chi connectivity index (χ3n) is 4.59. The predicted molar refractivity (Wildman–Crippen MR) is 101 cm³/mol. The summed E-state index contributed by atoms with van der Waals surface area (Å²) < 4.78 is 0. The largest absolute Gasteiger partial charge is 0.370 e. The molecule has 128 valence electrons. The van der Waals surface area contributed by atoms with Gasteiger partial charge in [-0.25, -0.2) is 9.97 Å². The highest BCUT2D eigenvalue weighted by Gasteiger charge is 2.14. The van der Waals surface area contributed by atoms with Crippen LogP contribution >= 0.6 is 0 Å². The maximum atomic E-state index is 4.54. The number of nitrogens with zero attached hydrogens (tertiary/aromatic N) is 2. The van der Waals surface area contributed by atoms with E-state index in [0.717, 1.165) is 36.8 Å². The Bertz CT molecular complexity index is 621. The molecule has 1 aliphatic carbocycles. The van der Waals surface area contributed by atoms with Crippen molar-refractivity contribution in [3.8, 4) is 0 Å². The fraction of sp³-hybridized carbons (Fsp3) is 0.500. The molecule has 0 atom stereocenters. The first-order valence-corrected chi connectivity index (χ1v) is 9.19. The number of aryl methyl sites for hydroxylation is 2. The zero-order valence-electron chi connectivity index (χ0n) is 14.6. The van der Waals surface area contributed by atoms with Crippen molar-refractivity contribution < 1.29 is 0 Å². The lowest BCUT2D eigenvalue weighted by Gasteiger charge is -2.23. The number of aromatic nitrogens is 2. The van der Waals surface area contributed by atoms with E-state index in [2.05, 4.69) is 50.9 Å². The van der Waals surface area contributed by atoms with Crippen molar-refractivity contribution in [2.24, 2.45) is 0 Å². The second-order valence-electron chi connectivity index (χ2n) is 6.68. The Kier molecular flexibility index (Phi) is 6.05. The van der Waals surface area contributed by atoms with Crippen molar-refractivity contribution in [3.63, 3.8) is 0 Å². The quantitative estimate of drug-likeness (QED) is 0.732. The molecule has 3 rings (SSSR count). The Morgan fingerprint density at radius 1 is 1.00 bits per heavy atom. The van der Waals surface area contributed by atoms with E-state index in [4.69, 9.17) is 0 Å². The fourth-order valence-electron chi connectivity index (χ4n) is 3.34.